The quantitative estimate of drug-likeness (QED) is 0.119. The summed E-state index contributed by atoms with van der Waals surface area (Å²) in [6, 6.07) is 3.67. The number of carbonyl (C=O) groups is 1. The highest BCUT2D eigenvalue weighted by Gasteiger charge is 2.45. The van der Waals surface area contributed by atoms with Crippen LogP contribution in [0.15, 0.2) is 30.5 Å². The highest BCUT2D eigenvalue weighted by molar-refractivity contribution is 5.70. The largest absolute Gasteiger partial charge is 0.481 e. The summed E-state index contributed by atoms with van der Waals surface area (Å²) in [6.45, 7) is 2.20. The van der Waals surface area contributed by atoms with Crippen LogP contribution in [0, 0.1) is 23.7 Å². The standard InChI is InChI=1S/C32H52N2O6/c1-2-3-5-8-22-11-12-25(28(36)18-22)9-6-4-7-10-26(31(38)39)27(35)13-15-32(40)21-24(19-29(32)37)17-23-14-16-34-30(33)20-23/h11-12,14,16,20,22,24-29,35-37,40H,2-10,13,15,17-19,21H2,1H3,(H2,33,34)(H,38,39). The maximum absolute atomic E-state index is 11.9. The van der Waals surface area contributed by atoms with E-state index in [1.165, 1.54) is 19.3 Å². The van der Waals surface area contributed by atoms with Crippen molar-refractivity contribution in [1.29, 1.82) is 0 Å². The van der Waals surface area contributed by atoms with E-state index < -0.39 is 29.7 Å². The van der Waals surface area contributed by atoms with Crippen molar-refractivity contribution in [2.45, 2.75) is 127 Å². The van der Waals surface area contributed by atoms with Gasteiger partial charge in [0.25, 0.3) is 0 Å². The SMILES string of the molecule is CCCCCC1C=CC(CCCCCC(C(=O)O)C(O)CCC2(O)CC(Cc3ccnc(N)c3)CC2O)C(O)C1. The Labute approximate surface area is 239 Å². The highest BCUT2D eigenvalue weighted by Crippen LogP contribution is 2.40. The molecule has 0 aliphatic heterocycles. The number of carboxylic acids is 1. The maximum Gasteiger partial charge on any atom is 0.309 e. The summed E-state index contributed by atoms with van der Waals surface area (Å²) < 4.78 is 0. The molecule has 1 aromatic heterocycles. The fourth-order valence-electron chi connectivity index (χ4n) is 6.78. The number of aliphatic hydroxyl groups excluding tert-OH is 3. The predicted octanol–water partition coefficient (Wildman–Crippen LogP) is 4.63. The summed E-state index contributed by atoms with van der Waals surface area (Å²) >= 11 is 0. The van der Waals surface area contributed by atoms with Crippen LogP contribution < -0.4 is 5.73 Å². The summed E-state index contributed by atoms with van der Waals surface area (Å²) in [6.07, 6.45) is 14.9. The van der Waals surface area contributed by atoms with Gasteiger partial charge in [-0.1, -0.05) is 57.6 Å². The van der Waals surface area contributed by atoms with Crippen molar-refractivity contribution in [2.24, 2.45) is 23.7 Å². The van der Waals surface area contributed by atoms with Crippen molar-refractivity contribution in [3.63, 3.8) is 0 Å². The molecule has 0 spiro atoms. The number of allylic oxidation sites excluding steroid dienone is 1. The second-order valence-electron chi connectivity index (χ2n) is 12.5. The van der Waals surface area contributed by atoms with E-state index in [-0.39, 0.29) is 30.8 Å². The van der Waals surface area contributed by atoms with Gasteiger partial charge in [0, 0.05) is 12.1 Å². The van der Waals surface area contributed by atoms with Gasteiger partial charge in [0.15, 0.2) is 0 Å². The first-order valence-corrected chi connectivity index (χ1v) is 15.5. The molecule has 0 bridgehead atoms. The molecule has 3 rings (SSSR count). The number of rotatable bonds is 17. The third-order valence-corrected chi connectivity index (χ3v) is 9.24. The summed E-state index contributed by atoms with van der Waals surface area (Å²) in [5.74, 6) is -0.781. The first-order valence-electron chi connectivity index (χ1n) is 15.5. The Hall–Kier alpha value is -2.00. The van der Waals surface area contributed by atoms with Gasteiger partial charge in [-0.3, -0.25) is 4.79 Å². The molecular weight excluding hydrogens is 508 g/mol. The molecule has 8 nitrogen and oxygen atoms in total. The lowest BCUT2D eigenvalue weighted by Crippen LogP contribution is -2.39. The molecule has 8 heteroatoms. The van der Waals surface area contributed by atoms with Crippen molar-refractivity contribution in [1.82, 2.24) is 4.98 Å². The Bertz CT molecular complexity index is 942. The van der Waals surface area contributed by atoms with Crippen LogP contribution in [0.3, 0.4) is 0 Å². The minimum Gasteiger partial charge on any atom is -0.481 e. The molecule has 1 fully saturated rings. The number of nitrogens with zero attached hydrogens (tertiary/aromatic N) is 1. The first kappa shape index (κ1) is 32.5. The molecule has 2 aliphatic carbocycles. The Kier molecular flexibility index (Phi) is 12.9. The maximum atomic E-state index is 11.9. The van der Waals surface area contributed by atoms with E-state index in [4.69, 9.17) is 5.73 Å². The molecule has 1 heterocycles. The van der Waals surface area contributed by atoms with E-state index in [1.54, 1.807) is 12.3 Å². The van der Waals surface area contributed by atoms with Crippen LogP contribution in [-0.4, -0.2) is 60.4 Å². The number of aromatic nitrogens is 1. The van der Waals surface area contributed by atoms with E-state index in [1.807, 2.05) is 6.07 Å². The fourth-order valence-corrected chi connectivity index (χ4v) is 6.78. The molecule has 0 amide bonds. The molecule has 7 N–H and O–H groups in total. The number of pyridine rings is 1. The topological polar surface area (TPSA) is 157 Å². The van der Waals surface area contributed by atoms with Gasteiger partial charge < -0.3 is 31.3 Å². The normalized spacial score (nSPS) is 29.9. The monoisotopic (exact) mass is 560 g/mol. The Balaban J connectivity index is 1.38. The summed E-state index contributed by atoms with van der Waals surface area (Å²) in [4.78, 5) is 15.9. The molecule has 0 aromatic carbocycles. The number of aliphatic carboxylic acids is 1. The van der Waals surface area contributed by atoms with Crippen LogP contribution in [0.1, 0.15) is 102 Å². The van der Waals surface area contributed by atoms with Crippen molar-refractivity contribution in [3.8, 4) is 0 Å². The lowest BCUT2D eigenvalue weighted by Gasteiger charge is -2.29. The summed E-state index contributed by atoms with van der Waals surface area (Å²) in [5.41, 5.74) is 5.43. The number of carboxylic acid groups (broad SMARTS) is 1. The van der Waals surface area contributed by atoms with Crippen molar-refractivity contribution >= 4 is 11.8 Å². The van der Waals surface area contributed by atoms with Gasteiger partial charge in [-0.2, -0.15) is 0 Å². The summed E-state index contributed by atoms with van der Waals surface area (Å²) in [7, 11) is 0. The van der Waals surface area contributed by atoms with E-state index in [0.717, 1.165) is 37.7 Å². The second kappa shape index (κ2) is 15.9. The van der Waals surface area contributed by atoms with Gasteiger partial charge in [-0.05, 0) is 87.3 Å². The Morgan fingerprint density at radius 1 is 1.10 bits per heavy atom. The molecule has 1 saturated carbocycles. The number of aliphatic hydroxyl groups is 4. The number of nitrogen functional groups attached to an aromatic ring is 1. The minimum atomic E-state index is -1.34. The number of nitrogens with two attached hydrogens (primary N) is 1. The second-order valence-corrected chi connectivity index (χ2v) is 12.5. The van der Waals surface area contributed by atoms with E-state index in [0.29, 0.717) is 43.8 Å². The van der Waals surface area contributed by atoms with E-state index in [2.05, 4.69) is 24.1 Å². The molecule has 1 aromatic rings. The molecule has 8 unspecified atom stereocenters. The van der Waals surface area contributed by atoms with Crippen molar-refractivity contribution in [3.05, 3.63) is 36.0 Å². The molecule has 0 radical (unpaired) electrons. The first-order chi connectivity index (χ1) is 19.1. The van der Waals surface area contributed by atoms with Gasteiger partial charge in [0.1, 0.15) is 5.82 Å². The van der Waals surface area contributed by atoms with Gasteiger partial charge in [0.2, 0.25) is 0 Å². The number of hydrogen-bond donors (Lipinski definition) is 6. The molecule has 0 saturated heterocycles. The number of unbranched alkanes of at least 4 members (excludes halogenated alkanes) is 4. The van der Waals surface area contributed by atoms with Gasteiger partial charge >= 0.3 is 5.97 Å². The van der Waals surface area contributed by atoms with Crippen LogP contribution >= 0.6 is 0 Å². The van der Waals surface area contributed by atoms with Crippen LogP contribution in [0.4, 0.5) is 5.82 Å². The van der Waals surface area contributed by atoms with Crippen LogP contribution in [-0.2, 0) is 11.2 Å². The Morgan fingerprint density at radius 3 is 2.58 bits per heavy atom. The molecular formula is C32H52N2O6. The summed E-state index contributed by atoms with van der Waals surface area (Å²) in [5, 5.41) is 52.8. The fraction of sp³-hybridized carbons (Fsp3) is 0.750. The van der Waals surface area contributed by atoms with Crippen LogP contribution in [0.25, 0.3) is 0 Å². The number of hydrogen-bond acceptors (Lipinski definition) is 7. The van der Waals surface area contributed by atoms with Crippen molar-refractivity contribution in [2.75, 3.05) is 5.73 Å². The van der Waals surface area contributed by atoms with E-state index >= 15 is 0 Å². The molecule has 8 atom stereocenters. The smallest absolute Gasteiger partial charge is 0.309 e. The zero-order valence-electron chi connectivity index (χ0n) is 24.2. The third-order valence-electron chi connectivity index (χ3n) is 9.24. The number of anilines is 1. The highest BCUT2D eigenvalue weighted by atomic mass is 16.4. The zero-order chi connectivity index (χ0) is 29.1. The molecule has 2 aliphatic rings. The Morgan fingerprint density at radius 2 is 1.88 bits per heavy atom. The van der Waals surface area contributed by atoms with Crippen molar-refractivity contribution < 1.29 is 30.3 Å². The third kappa shape index (κ3) is 9.82. The van der Waals surface area contributed by atoms with Gasteiger partial charge in [-0.15, -0.1) is 0 Å². The predicted molar refractivity (Wildman–Crippen MR) is 156 cm³/mol. The average molecular weight is 561 g/mol. The van der Waals surface area contributed by atoms with Crippen LogP contribution in [0.2, 0.25) is 0 Å². The molecule has 226 valence electrons. The lowest BCUT2D eigenvalue weighted by molar-refractivity contribution is -0.147. The molecule has 40 heavy (non-hydrogen) atoms. The van der Waals surface area contributed by atoms with E-state index in [9.17, 15) is 30.3 Å². The van der Waals surface area contributed by atoms with Crippen LogP contribution in [0.5, 0.6) is 0 Å². The van der Waals surface area contributed by atoms with Gasteiger partial charge in [0.05, 0.1) is 29.8 Å². The van der Waals surface area contributed by atoms with Gasteiger partial charge in [-0.25, -0.2) is 4.98 Å². The lowest BCUT2D eigenvalue weighted by atomic mass is 9.81. The minimum absolute atomic E-state index is 0.0682. The average Bonchev–Trinajstić information content (AvgIpc) is 3.18. The zero-order valence-corrected chi connectivity index (χ0v) is 24.2.